The summed E-state index contributed by atoms with van der Waals surface area (Å²) in [6.45, 7) is 4.04. The number of amides is 3. The number of rotatable bonds is 6. The summed E-state index contributed by atoms with van der Waals surface area (Å²) in [7, 11) is 0. The van der Waals surface area contributed by atoms with Crippen LogP contribution in [0.4, 0.5) is 11.4 Å². The summed E-state index contributed by atoms with van der Waals surface area (Å²) in [6, 6.07) is 14.2. The van der Waals surface area contributed by atoms with Crippen molar-refractivity contribution in [1.29, 1.82) is 0 Å². The highest BCUT2D eigenvalue weighted by Gasteiger charge is 2.19. The van der Waals surface area contributed by atoms with Crippen molar-refractivity contribution in [2.45, 2.75) is 25.7 Å². The minimum Gasteiger partial charge on any atom is -0.378 e. The van der Waals surface area contributed by atoms with E-state index in [0.29, 0.717) is 43.1 Å². The molecule has 0 aromatic heterocycles. The summed E-state index contributed by atoms with van der Waals surface area (Å²) in [4.78, 5) is 41.3. The smallest absolute Gasteiger partial charge is 0.254 e. The van der Waals surface area contributed by atoms with Crippen LogP contribution in [0.15, 0.2) is 48.5 Å². The summed E-state index contributed by atoms with van der Waals surface area (Å²) >= 11 is 0. The van der Waals surface area contributed by atoms with Crippen molar-refractivity contribution >= 4 is 29.1 Å². The van der Waals surface area contributed by atoms with Gasteiger partial charge >= 0.3 is 0 Å². The maximum absolute atomic E-state index is 12.7. The number of morpholine rings is 1. The van der Waals surface area contributed by atoms with Crippen LogP contribution in [0.1, 0.15) is 46.4 Å². The lowest BCUT2D eigenvalue weighted by Crippen LogP contribution is -2.40. The number of nitrogens with zero attached hydrogens (tertiary/aromatic N) is 2. The van der Waals surface area contributed by atoms with Crippen LogP contribution in [-0.2, 0) is 9.53 Å². The van der Waals surface area contributed by atoms with Crippen LogP contribution in [0, 0.1) is 0 Å². The second-order valence-electron chi connectivity index (χ2n) is 8.67. The summed E-state index contributed by atoms with van der Waals surface area (Å²) in [5.41, 5.74) is 2.66. The highest BCUT2D eigenvalue weighted by molar-refractivity contribution is 5.97. The highest BCUT2D eigenvalue weighted by Crippen LogP contribution is 2.16. The molecular weight excluding hydrogens is 432 g/mol. The summed E-state index contributed by atoms with van der Waals surface area (Å²) in [5, 5.41) is 5.91. The molecule has 0 aliphatic carbocycles. The van der Waals surface area contributed by atoms with Gasteiger partial charge in [0.05, 0.1) is 19.8 Å². The standard InChI is InChI=1S/C26H32N4O4/c31-24(28-23-11-7-21(8-12-23)26(33)30-15-17-34-18-16-30)19-27-22-9-5-20(6-10-22)25(32)29-13-3-1-2-4-14-29/h5-12,27H,1-4,13-19H2,(H,28,31). The van der Waals surface area contributed by atoms with Gasteiger partial charge in [0.15, 0.2) is 0 Å². The zero-order valence-electron chi connectivity index (χ0n) is 19.4. The SMILES string of the molecule is O=C(CNc1ccc(C(=O)N2CCCCCC2)cc1)Nc1ccc(C(=O)N2CCOCC2)cc1. The van der Waals surface area contributed by atoms with Crippen LogP contribution in [0.25, 0.3) is 0 Å². The maximum Gasteiger partial charge on any atom is 0.254 e. The zero-order chi connectivity index (χ0) is 23.8. The van der Waals surface area contributed by atoms with Crippen molar-refractivity contribution in [1.82, 2.24) is 9.80 Å². The van der Waals surface area contributed by atoms with E-state index in [-0.39, 0.29) is 24.3 Å². The molecule has 0 bridgehead atoms. The zero-order valence-corrected chi connectivity index (χ0v) is 19.4. The number of ether oxygens (including phenoxy) is 1. The van der Waals surface area contributed by atoms with Crippen LogP contribution in [0.3, 0.4) is 0 Å². The maximum atomic E-state index is 12.7. The Morgan fingerprint density at radius 2 is 1.18 bits per heavy atom. The number of anilines is 2. The first-order chi connectivity index (χ1) is 16.6. The average Bonchev–Trinajstić information content (AvgIpc) is 3.18. The monoisotopic (exact) mass is 464 g/mol. The molecule has 34 heavy (non-hydrogen) atoms. The van der Waals surface area contributed by atoms with Gasteiger partial charge in [-0.05, 0) is 61.4 Å². The molecule has 4 rings (SSSR count). The molecule has 2 fully saturated rings. The first-order valence-electron chi connectivity index (χ1n) is 12.0. The van der Waals surface area contributed by atoms with E-state index in [1.54, 1.807) is 41.3 Å². The number of carbonyl (C=O) groups is 3. The van der Waals surface area contributed by atoms with Crippen molar-refractivity contribution in [3.05, 3.63) is 59.7 Å². The lowest BCUT2D eigenvalue weighted by Gasteiger charge is -2.26. The Hall–Kier alpha value is -3.39. The molecule has 8 nitrogen and oxygen atoms in total. The molecule has 2 aliphatic rings. The molecule has 2 aromatic carbocycles. The van der Waals surface area contributed by atoms with Crippen LogP contribution >= 0.6 is 0 Å². The Labute approximate surface area is 200 Å². The number of hydrogen-bond donors (Lipinski definition) is 2. The van der Waals surface area contributed by atoms with E-state index in [9.17, 15) is 14.4 Å². The molecule has 180 valence electrons. The summed E-state index contributed by atoms with van der Waals surface area (Å²) in [5.74, 6) is -0.153. The van der Waals surface area contributed by atoms with E-state index in [0.717, 1.165) is 31.6 Å². The number of likely N-dealkylation sites (tertiary alicyclic amines) is 1. The Kier molecular flexibility index (Phi) is 8.14. The predicted molar refractivity (Wildman–Crippen MR) is 131 cm³/mol. The Morgan fingerprint density at radius 3 is 1.74 bits per heavy atom. The molecule has 0 saturated carbocycles. The minimum absolute atomic E-state index is 0.0272. The van der Waals surface area contributed by atoms with Crippen molar-refractivity contribution in [3.8, 4) is 0 Å². The van der Waals surface area contributed by atoms with Crippen molar-refractivity contribution in [3.63, 3.8) is 0 Å². The van der Waals surface area contributed by atoms with Gasteiger partial charge in [-0.2, -0.15) is 0 Å². The third kappa shape index (κ3) is 6.35. The Balaban J connectivity index is 1.24. The van der Waals surface area contributed by atoms with E-state index in [1.165, 1.54) is 12.8 Å². The second-order valence-corrected chi connectivity index (χ2v) is 8.67. The summed E-state index contributed by atoms with van der Waals surface area (Å²) in [6.07, 6.45) is 4.50. The Morgan fingerprint density at radius 1 is 0.676 bits per heavy atom. The molecule has 0 atom stereocenters. The van der Waals surface area contributed by atoms with E-state index < -0.39 is 0 Å². The van der Waals surface area contributed by atoms with E-state index >= 15 is 0 Å². The van der Waals surface area contributed by atoms with Crippen molar-refractivity contribution in [2.24, 2.45) is 0 Å². The largest absolute Gasteiger partial charge is 0.378 e. The lowest BCUT2D eigenvalue weighted by molar-refractivity contribution is -0.114. The topological polar surface area (TPSA) is 91.0 Å². The molecular formula is C26H32N4O4. The number of hydrogen-bond acceptors (Lipinski definition) is 5. The molecule has 0 unspecified atom stereocenters. The lowest BCUT2D eigenvalue weighted by atomic mass is 10.1. The van der Waals surface area contributed by atoms with Gasteiger partial charge in [-0.1, -0.05) is 12.8 Å². The van der Waals surface area contributed by atoms with Crippen LogP contribution < -0.4 is 10.6 Å². The van der Waals surface area contributed by atoms with Gasteiger partial charge in [0.25, 0.3) is 11.8 Å². The molecule has 8 heteroatoms. The van der Waals surface area contributed by atoms with E-state index in [4.69, 9.17) is 4.74 Å². The molecule has 0 radical (unpaired) electrons. The van der Waals surface area contributed by atoms with Crippen LogP contribution in [-0.4, -0.2) is 73.5 Å². The number of carbonyl (C=O) groups excluding carboxylic acids is 3. The number of benzene rings is 2. The van der Waals surface area contributed by atoms with Crippen LogP contribution in [0.2, 0.25) is 0 Å². The third-order valence-electron chi connectivity index (χ3n) is 6.19. The van der Waals surface area contributed by atoms with E-state index in [2.05, 4.69) is 10.6 Å². The molecule has 2 aromatic rings. The van der Waals surface area contributed by atoms with Gasteiger partial charge in [0, 0.05) is 48.7 Å². The first-order valence-corrected chi connectivity index (χ1v) is 12.0. The fourth-order valence-electron chi connectivity index (χ4n) is 4.22. The van der Waals surface area contributed by atoms with Crippen molar-refractivity contribution < 1.29 is 19.1 Å². The molecule has 0 spiro atoms. The number of nitrogens with one attached hydrogen (secondary N) is 2. The van der Waals surface area contributed by atoms with Crippen molar-refractivity contribution in [2.75, 3.05) is 56.6 Å². The molecule has 3 amide bonds. The fourth-order valence-corrected chi connectivity index (χ4v) is 4.22. The normalized spacial score (nSPS) is 16.5. The second kappa shape index (κ2) is 11.7. The molecule has 2 N–H and O–H groups in total. The van der Waals surface area contributed by atoms with Gasteiger partial charge in [0.2, 0.25) is 5.91 Å². The Bertz CT molecular complexity index is 977. The van der Waals surface area contributed by atoms with E-state index in [1.807, 2.05) is 17.0 Å². The van der Waals surface area contributed by atoms with Gasteiger partial charge in [0.1, 0.15) is 0 Å². The minimum atomic E-state index is -0.197. The fraction of sp³-hybridized carbons (Fsp3) is 0.423. The quantitative estimate of drug-likeness (QED) is 0.685. The molecule has 2 heterocycles. The third-order valence-corrected chi connectivity index (χ3v) is 6.19. The molecule has 2 saturated heterocycles. The van der Waals surface area contributed by atoms with Gasteiger partial charge in [-0.15, -0.1) is 0 Å². The highest BCUT2D eigenvalue weighted by atomic mass is 16.5. The predicted octanol–water partition coefficient (Wildman–Crippen LogP) is 3.23. The first kappa shape index (κ1) is 23.8. The van der Waals surface area contributed by atoms with Gasteiger partial charge in [-0.3, -0.25) is 14.4 Å². The molecule has 2 aliphatic heterocycles. The summed E-state index contributed by atoms with van der Waals surface area (Å²) < 4.78 is 5.28. The van der Waals surface area contributed by atoms with Crippen LogP contribution in [0.5, 0.6) is 0 Å². The van der Waals surface area contributed by atoms with Gasteiger partial charge in [-0.25, -0.2) is 0 Å². The average molecular weight is 465 g/mol. The van der Waals surface area contributed by atoms with Gasteiger partial charge < -0.3 is 25.2 Å².